The number of fused-ring (bicyclic) bond motifs is 1. The Balaban J connectivity index is 0.00000280. The van der Waals surface area contributed by atoms with E-state index < -0.39 is 0 Å². The van der Waals surface area contributed by atoms with E-state index in [2.05, 4.69) is 39.9 Å². The summed E-state index contributed by atoms with van der Waals surface area (Å²) >= 11 is 0. The topological polar surface area (TPSA) is 61.8 Å². The van der Waals surface area contributed by atoms with Gasteiger partial charge in [0.15, 0.2) is 5.96 Å². The molecular weight excluding hydrogens is 465 g/mol. The lowest BCUT2D eigenvalue weighted by molar-refractivity contribution is 0.123. The second kappa shape index (κ2) is 11.4. The summed E-state index contributed by atoms with van der Waals surface area (Å²) in [7, 11) is 5.83. The minimum atomic E-state index is 0. The molecule has 2 N–H and O–H groups in total. The largest absolute Gasteiger partial charge is 0.381 e. The van der Waals surface area contributed by atoms with Gasteiger partial charge in [-0.3, -0.25) is 4.99 Å². The lowest BCUT2D eigenvalue weighted by Crippen LogP contribution is -2.37. The first-order valence-corrected chi connectivity index (χ1v) is 9.75. The van der Waals surface area contributed by atoms with Gasteiger partial charge in [0.05, 0.1) is 5.52 Å². The number of halogens is 1. The van der Waals surface area contributed by atoms with Gasteiger partial charge in [-0.25, -0.2) is 4.98 Å². The number of aliphatic imine (C=N–C) groups is 1. The lowest BCUT2D eigenvalue weighted by atomic mass is 10.1. The second-order valence-electron chi connectivity index (χ2n) is 7.28. The average molecular weight is 497 g/mol. The third-order valence-electron chi connectivity index (χ3n) is 4.72. The van der Waals surface area contributed by atoms with E-state index in [1.807, 2.05) is 25.1 Å². The lowest BCUT2D eigenvalue weighted by Gasteiger charge is -2.17. The van der Waals surface area contributed by atoms with Gasteiger partial charge >= 0.3 is 0 Å². The van der Waals surface area contributed by atoms with E-state index in [1.165, 1.54) is 23.8 Å². The summed E-state index contributed by atoms with van der Waals surface area (Å²) in [5.74, 6) is 2.60. The molecule has 2 aromatic rings. The Kier molecular flexibility index (Phi) is 9.24. The SMILES string of the molecule is CN=C(NCCCOCC1CC1)NCc1cc(N(C)C)nc2ccccc12.I. The zero-order valence-corrected chi connectivity index (χ0v) is 19.4. The van der Waals surface area contributed by atoms with Crippen molar-refractivity contribution in [3.8, 4) is 0 Å². The van der Waals surface area contributed by atoms with Crippen LogP contribution in [0.3, 0.4) is 0 Å². The van der Waals surface area contributed by atoms with Gasteiger partial charge < -0.3 is 20.3 Å². The smallest absolute Gasteiger partial charge is 0.191 e. The fourth-order valence-corrected chi connectivity index (χ4v) is 2.92. The maximum atomic E-state index is 5.67. The summed E-state index contributed by atoms with van der Waals surface area (Å²) in [5, 5.41) is 7.94. The highest BCUT2D eigenvalue weighted by molar-refractivity contribution is 14.0. The maximum absolute atomic E-state index is 5.67. The molecule has 1 saturated carbocycles. The van der Waals surface area contributed by atoms with Gasteiger partial charge in [-0.05, 0) is 42.9 Å². The van der Waals surface area contributed by atoms with Crippen molar-refractivity contribution in [2.75, 3.05) is 45.8 Å². The number of anilines is 1. The Morgan fingerprint density at radius 3 is 2.75 bits per heavy atom. The fourth-order valence-electron chi connectivity index (χ4n) is 2.92. The molecule has 1 aliphatic carbocycles. The average Bonchev–Trinajstić information content (AvgIpc) is 3.50. The van der Waals surface area contributed by atoms with Crippen molar-refractivity contribution < 1.29 is 4.74 Å². The maximum Gasteiger partial charge on any atom is 0.191 e. The van der Waals surface area contributed by atoms with Gasteiger partial charge in [-0.15, -0.1) is 24.0 Å². The van der Waals surface area contributed by atoms with Gasteiger partial charge in [0, 0.05) is 52.8 Å². The molecule has 154 valence electrons. The molecule has 0 unspecified atom stereocenters. The highest BCUT2D eigenvalue weighted by atomic mass is 127. The van der Waals surface area contributed by atoms with Crippen molar-refractivity contribution in [2.45, 2.75) is 25.8 Å². The van der Waals surface area contributed by atoms with Crippen molar-refractivity contribution >= 4 is 46.7 Å². The molecule has 1 fully saturated rings. The minimum absolute atomic E-state index is 0. The first-order chi connectivity index (χ1) is 13.2. The van der Waals surface area contributed by atoms with Gasteiger partial charge in [0.1, 0.15) is 5.82 Å². The van der Waals surface area contributed by atoms with Crippen LogP contribution in [0.2, 0.25) is 0 Å². The molecule has 6 nitrogen and oxygen atoms in total. The Morgan fingerprint density at radius 1 is 1.25 bits per heavy atom. The van der Waals surface area contributed by atoms with Gasteiger partial charge in [0.2, 0.25) is 0 Å². The summed E-state index contributed by atoms with van der Waals surface area (Å²) in [6, 6.07) is 10.4. The van der Waals surface area contributed by atoms with Gasteiger partial charge in [-0.1, -0.05) is 18.2 Å². The number of para-hydroxylation sites is 1. The first kappa shape index (κ1) is 22.7. The molecule has 0 bridgehead atoms. The summed E-state index contributed by atoms with van der Waals surface area (Å²) in [5.41, 5.74) is 2.22. The van der Waals surface area contributed by atoms with Crippen LogP contribution in [0.25, 0.3) is 10.9 Å². The minimum Gasteiger partial charge on any atom is -0.381 e. The Morgan fingerprint density at radius 2 is 2.04 bits per heavy atom. The second-order valence-corrected chi connectivity index (χ2v) is 7.28. The van der Waals surface area contributed by atoms with E-state index >= 15 is 0 Å². The van der Waals surface area contributed by atoms with Crippen molar-refractivity contribution in [2.24, 2.45) is 10.9 Å². The Bertz CT molecular complexity index is 776. The standard InChI is InChI=1S/C21H31N5O.HI/c1-22-21(23-11-6-12-27-15-16-9-10-16)24-14-17-13-20(26(2)3)25-19-8-5-4-7-18(17)19;/h4-5,7-8,13,16H,6,9-12,14-15H2,1-3H3,(H2,22,23,24);1H. The predicted octanol–water partition coefficient (Wildman–Crippen LogP) is 3.40. The first-order valence-electron chi connectivity index (χ1n) is 9.75. The van der Waals surface area contributed by atoms with Crippen LogP contribution >= 0.6 is 24.0 Å². The highest BCUT2D eigenvalue weighted by Gasteiger charge is 2.20. The van der Waals surface area contributed by atoms with Crippen LogP contribution < -0.4 is 15.5 Å². The van der Waals surface area contributed by atoms with E-state index in [1.54, 1.807) is 7.05 Å². The number of ether oxygens (including phenoxy) is 1. The van der Waals surface area contributed by atoms with Gasteiger partial charge in [-0.2, -0.15) is 0 Å². The zero-order valence-electron chi connectivity index (χ0n) is 17.1. The molecule has 1 aromatic heterocycles. The molecule has 3 rings (SSSR count). The molecule has 0 spiro atoms. The number of nitrogens with zero attached hydrogens (tertiary/aromatic N) is 3. The Hall–Kier alpha value is -1.61. The van der Waals surface area contributed by atoms with Crippen molar-refractivity contribution in [1.82, 2.24) is 15.6 Å². The molecular formula is C21H32IN5O. The molecule has 0 radical (unpaired) electrons. The highest BCUT2D eigenvalue weighted by Crippen LogP contribution is 2.28. The molecule has 28 heavy (non-hydrogen) atoms. The van der Waals surface area contributed by atoms with E-state index in [0.29, 0.717) is 6.54 Å². The van der Waals surface area contributed by atoms with E-state index in [0.717, 1.165) is 49.4 Å². The van der Waals surface area contributed by atoms with Crippen LogP contribution in [0, 0.1) is 5.92 Å². The summed E-state index contributed by atoms with van der Waals surface area (Å²) in [6.45, 7) is 3.28. The number of benzene rings is 1. The zero-order chi connectivity index (χ0) is 19.1. The number of pyridine rings is 1. The normalized spacial score (nSPS) is 13.9. The number of nitrogens with one attached hydrogen (secondary N) is 2. The summed E-state index contributed by atoms with van der Waals surface area (Å²) in [4.78, 5) is 11.1. The number of hydrogen-bond donors (Lipinski definition) is 2. The van der Waals surface area contributed by atoms with Crippen LogP contribution in [0.1, 0.15) is 24.8 Å². The van der Waals surface area contributed by atoms with Crippen LogP contribution in [-0.2, 0) is 11.3 Å². The number of hydrogen-bond acceptors (Lipinski definition) is 4. The third kappa shape index (κ3) is 6.77. The summed E-state index contributed by atoms with van der Waals surface area (Å²) in [6.07, 6.45) is 3.67. The molecule has 0 saturated heterocycles. The molecule has 1 heterocycles. The van der Waals surface area contributed by atoms with Crippen molar-refractivity contribution in [1.29, 1.82) is 0 Å². The van der Waals surface area contributed by atoms with Crippen molar-refractivity contribution in [3.05, 3.63) is 35.9 Å². The van der Waals surface area contributed by atoms with Crippen LogP contribution in [0.5, 0.6) is 0 Å². The Labute approximate surface area is 185 Å². The number of aromatic nitrogens is 1. The monoisotopic (exact) mass is 497 g/mol. The molecule has 0 atom stereocenters. The number of guanidine groups is 1. The number of rotatable bonds is 9. The van der Waals surface area contributed by atoms with Crippen molar-refractivity contribution in [3.63, 3.8) is 0 Å². The predicted molar refractivity (Wildman–Crippen MR) is 128 cm³/mol. The summed E-state index contributed by atoms with van der Waals surface area (Å²) < 4.78 is 5.67. The third-order valence-corrected chi connectivity index (χ3v) is 4.72. The van der Waals surface area contributed by atoms with E-state index in [-0.39, 0.29) is 24.0 Å². The molecule has 0 amide bonds. The molecule has 1 aromatic carbocycles. The van der Waals surface area contributed by atoms with E-state index in [9.17, 15) is 0 Å². The molecule has 7 heteroatoms. The van der Waals surface area contributed by atoms with Gasteiger partial charge in [0.25, 0.3) is 0 Å². The van der Waals surface area contributed by atoms with Crippen LogP contribution in [-0.4, -0.2) is 51.8 Å². The van der Waals surface area contributed by atoms with E-state index in [4.69, 9.17) is 9.72 Å². The van der Waals surface area contributed by atoms with Crippen LogP contribution in [0.15, 0.2) is 35.3 Å². The van der Waals surface area contributed by atoms with Crippen LogP contribution in [0.4, 0.5) is 5.82 Å². The molecule has 0 aliphatic heterocycles. The molecule has 1 aliphatic rings. The fraction of sp³-hybridized carbons (Fsp3) is 0.524. The quantitative estimate of drug-likeness (QED) is 0.241.